The van der Waals surface area contributed by atoms with Crippen molar-refractivity contribution >= 4 is 50.7 Å². The molecule has 2 heterocycles. The van der Waals surface area contributed by atoms with E-state index in [1.165, 1.54) is 31.6 Å². The van der Waals surface area contributed by atoms with E-state index >= 15 is 0 Å². The van der Waals surface area contributed by atoms with Gasteiger partial charge in [-0.15, -0.1) is 11.3 Å². The van der Waals surface area contributed by atoms with E-state index in [4.69, 9.17) is 16.3 Å². The number of sulfonamides is 1. The number of nitrogens with one attached hydrogen (secondary N) is 2. The number of nitrogens with zero attached hydrogens (tertiary/aromatic N) is 2. The van der Waals surface area contributed by atoms with Crippen molar-refractivity contribution in [2.45, 2.75) is 44.2 Å². The lowest BCUT2D eigenvalue weighted by molar-refractivity contribution is -0.140. The van der Waals surface area contributed by atoms with E-state index in [1.54, 1.807) is 11.6 Å². The van der Waals surface area contributed by atoms with Crippen LogP contribution in [0.1, 0.15) is 48.7 Å². The molecule has 1 aromatic heterocycles. The molecule has 1 fully saturated rings. The number of carbonyl (C=O) groups is 2. The minimum absolute atomic E-state index is 0.0843. The first-order valence-electron chi connectivity index (χ1n) is 12.3. The quantitative estimate of drug-likeness (QED) is 0.322. The van der Waals surface area contributed by atoms with Gasteiger partial charge < -0.3 is 14.8 Å². The first kappa shape index (κ1) is 30.0. The highest BCUT2D eigenvalue weighted by atomic mass is 35.5. The van der Waals surface area contributed by atoms with Gasteiger partial charge in [-0.05, 0) is 37.7 Å². The minimum atomic E-state index is -3.71. The van der Waals surface area contributed by atoms with Crippen LogP contribution in [0, 0.1) is 17.6 Å². The van der Waals surface area contributed by atoms with Crippen LogP contribution < -0.4 is 10.0 Å². The topological polar surface area (TPSA) is 136 Å². The third kappa shape index (κ3) is 6.67. The molecule has 1 aromatic carbocycles. The lowest BCUT2D eigenvalue weighted by atomic mass is 9.80. The molecule has 2 aliphatic rings. The summed E-state index contributed by atoms with van der Waals surface area (Å²) in [7, 11) is -1.32. The summed E-state index contributed by atoms with van der Waals surface area (Å²) in [6, 6.07) is 0.719. The molecule has 0 spiro atoms. The van der Waals surface area contributed by atoms with Gasteiger partial charge in [0.05, 0.1) is 37.0 Å². The molecule has 216 valence electrons. The molecule has 0 saturated heterocycles. The molecule has 0 bridgehead atoms. The van der Waals surface area contributed by atoms with Gasteiger partial charge in [0.25, 0.3) is 0 Å². The van der Waals surface area contributed by atoms with Crippen molar-refractivity contribution in [1.29, 1.82) is 0 Å². The van der Waals surface area contributed by atoms with Gasteiger partial charge in [-0.2, -0.15) is 0 Å². The van der Waals surface area contributed by atoms with E-state index in [9.17, 15) is 26.8 Å². The smallest absolute Gasteiger partial charge is 0.338 e. The average Bonchev–Trinajstić information content (AvgIpc) is 3.49. The number of rotatable bonds is 9. The molecule has 4 rings (SSSR count). The number of aromatic nitrogens is 1. The number of hydrogen-bond acceptors (Lipinski definition) is 10. The lowest BCUT2D eigenvalue weighted by Gasteiger charge is -2.35. The minimum Gasteiger partial charge on any atom is -0.469 e. The number of esters is 2. The largest absolute Gasteiger partial charge is 0.469 e. The summed E-state index contributed by atoms with van der Waals surface area (Å²) in [4.78, 5) is 33.4. The molecule has 1 unspecified atom stereocenters. The van der Waals surface area contributed by atoms with Crippen LogP contribution in [-0.2, 0) is 29.1 Å². The Morgan fingerprint density at radius 3 is 2.52 bits per heavy atom. The van der Waals surface area contributed by atoms with Crippen LogP contribution in [-0.4, -0.2) is 57.2 Å². The number of allylic oxidation sites excluding steroid dienone is 1. The Kier molecular flexibility index (Phi) is 9.54. The average molecular weight is 617 g/mol. The van der Waals surface area contributed by atoms with Crippen molar-refractivity contribution in [1.82, 2.24) is 15.0 Å². The standard InChI is InChI=1S/C25H27ClF2N4O6S2/c1-37-17(33)9-12-40(35,36)32-14-5-3-13(4-6-14)21-18(25(34)38-2)22(15-7-8-16(27)20(28)19(15)26)31-23(30-21)24-29-10-11-39-24/h7-8,10-11,13-14,22,32H,3-6,9,12H2,1-2H3,(H,30,31). The number of aliphatic imine (C=N–C) groups is 1. The molecule has 0 radical (unpaired) electrons. The summed E-state index contributed by atoms with van der Waals surface area (Å²) in [5.41, 5.74) is 0.656. The van der Waals surface area contributed by atoms with Gasteiger partial charge in [0.15, 0.2) is 22.5 Å². The highest BCUT2D eigenvalue weighted by molar-refractivity contribution is 7.89. The monoisotopic (exact) mass is 616 g/mol. The molecule has 1 aliphatic carbocycles. The number of halogens is 3. The van der Waals surface area contributed by atoms with Gasteiger partial charge in [-0.25, -0.2) is 31.7 Å². The van der Waals surface area contributed by atoms with E-state index in [2.05, 4.69) is 24.8 Å². The van der Waals surface area contributed by atoms with Crippen molar-refractivity contribution in [3.8, 4) is 0 Å². The van der Waals surface area contributed by atoms with Crippen molar-refractivity contribution in [3.05, 3.63) is 62.2 Å². The summed E-state index contributed by atoms with van der Waals surface area (Å²) in [6.07, 6.45) is 3.19. The number of amidine groups is 1. The Hall–Kier alpha value is -2.94. The second-order valence-electron chi connectivity index (χ2n) is 9.24. The highest BCUT2D eigenvalue weighted by Gasteiger charge is 2.38. The number of thiazole rings is 1. The maximum Gasteiger partial charge on any atom is 0.338 e. The fourth-order valence-corrected chi connectivity index (χ4v) is 6.92. The summed E-state index contributed by atoms with van der Waals surface area (Å²) in [5, 5.41) is 4.97. The lowest BCUT2D eigenvalue weighted by Crippen LogP contribution is -2.42. The summed E-state index contributed by atoms with van der Waals surface area (Å²) < 4.78 is 65.5. The van der Waals surface area contributed by atoms with Crippen molar-refractivity contribution in [2.24, 2.45) is 10.9 Å². The van der Waals surface area contributed by atoms with E-state index in [-0.39, 0.29) is 35.3 Å². The first-order valence-corrected chi connectivity index (χ1v) is 15.2. The molecule has 0 amide bonds. The summed E-state index contributed by atoms with van der Waals surface area (Å²) in [6.45, 7) is 0. The Labute approximate surface area is 238 Å². The van der Waals surface area contributed by atoms with Crippen molar-refractivity contribution in [2.75, 3.05) is 20.0 Å². The fourth-order valence-electron chi connectivity index (χ4n) is 4.78. The number of ether oxygens (including phenoxy) is 2. The molecule has 10 nitrogen and oxygen atoms in total. The zero-order valence-electron chi connectivity index (χ0n) is 21.6. The van der Waals surface area contributed by atoms with E-state index in [0.29, 0.717) is 42.2 Å². The molecular weight excluding hydrogens is 590 g/mol. The van der Waals surface area contributed by atoms with Crippen LogP contribution in [0.3, 0.4) is 0 Å². The van der Waals surface area contributed by atoms with Crippen LogP contribution in [0.4, 0.5) is 8.78 Å². The Morgan fingerprint density at radius 2 is 1.90 bits per heavy atom. The van der Waals surface area contributed by atoms with Crippen LogP contribution in [0.5, 0.6) is 0 Å². The number of benzene rings is 1. The number of hydrogen-bond donors (Lipinski definition) is 2. The highest BCUT2D eigenvalue weighted by Crippen LogP contribution is 2.41. The zero-order chi connectivity index (χ0) is 29.0. The zero-order valence-corrected chi connectivity index (χ0v) is 24.0. The molecule has 2 N–H and O–H groups in total. The van der Waals surface area contributed by atoms with Crippen molar-refractivity contribution in [3.63, 3.8) is 0 Å². The number of carbonyl (C=O) groups excluding carboxylic acids is 2. The predicted molar refractivity (Wildman–Crippen MR) is 144 cm³/mol. The Morgan fingerprint density at radius 1 is 1.18 bits per heavy atom. The van der Waals surface area contributed by atoms with Gasteiger partial charge in [0.1, 0.15) is 6.04 Å². The molecule has 40 heavy (non-hydrogen) atoms. The van der Waals surface area contributed by atoms with Crippen LogP contribution in [0.15, 0.2) is 40.0 Å². The molecule has 15 heteroatoms. The molecular formula is C25H27ClF2N4O6S2. The number of methoxy groups -OCH3 is 2. The maximum atomic E-state index is 14.5. The maximum absolute atomic E-state index is 14.5. The van der Waals surface area contributed by atoms with Gasteiger partial charge in [0, 0.05) is 28.9 Å². The Bertz CT molecular complexity index is 1440. The fraction of sp³-hybridized carbons (Fsp3) is 0.440. The summed E-state index contributed by atoms with van der Waals surface area (Å²) in [5.74, 6) is -4.04. The van der Waals surface area contributed by atoms with Crippen LogP contribution in [0.2, 0.25) is 5.02 Å². The second-order valence-corrected chi connectivity index (χ2v) is 12.4. The third-order valence-corrected chi connectivity index (χ3v) is 9.36. The SMILES string of the molecule is COC(=O)CCS(=O)(=O)NC1CCC(C2=C(C(=O)OC)C(c3ccc(F)c(F)c3Cl)N=C(c3nccs3)N2)CC1. The first-order chi connectivity index (χ1) is 19.0. The molecule has 1 saturated carbocycles. The van der Waals surface area contributed by atoms with E-state index in [0.717, 1.165) is 6.07 Å². The van der Waals surface area contributed by atoms with Crippen molar-refractivity contribution < 1.29 is 36.3 Å². The predicted octanol–water partition coefficient (Wildman–Crippen LogP) is 3.63. The van der Waals surface area contributed by atoms with E-state index < -0.39 is 44.7 Å². The molecule has 1 aliphatic heterocycles. The van der Waals surface area contributed by atoms with E-state index in [1.807, 2.05) is 0 Å². The van der Waals surface area contributed by atoms with Gasteiger partial charge in [-0.1, -0.05) is 17.7 Å². The summed E-state index contributed by atoms with van der Waals surface area (Å²) >= 11 is 7.50. The van der Waals surface area contributed by atoms with Gasteiger partial charge in [-0.3, -0.25) is 9.79 Å². The third-order valence-electron chi connectivity index (χ3n) is 6.76. The normalized spacial score (nSPS) is 21.4. The van der Waals surface area contributed by atoms with Gasteiger partial charge in [0.2, 0.25) is 10.0 Å². The second kappa shape index (κ2) is 12.7. The van der Waals surface area contributed by atoms with Gasteiger partial charge >= 0.3 is 11.9 Å². The van der Waals surface area contributed by atoms with Crippen LogP contribution >= 0.6 is 22.9 Å². The molecule has 2 aromatic rings. The Balaban J connectivity index is 1.65. The van der Waals surface area contributed by atoms with Crippen LogP contribution in [0.25, 0.3) is 0 Å². The molecule has 1 atom stereocenters.